The maximum absolute atomic E-state index is 5.49. The van der Waals surface area contributed by atoms with Crippen molar-refractivity contribution in [2.75, 3.05) is 0 Å². The lowest BCUT2D eigenvalue weighted by atomic mass is 10.4. The van der Waals surface area contributed by atoms with Crippen molar-refractivity contribution in [3.63, 3.8) is 0 Å². The number of hydrogen-bond acceptors (Lipinski definition) is 1. The Morgan fingerprint density at radius 2 is 1.56 bits per heavy atom. The van der Waals surface area contributed by atoms with E-state index in [4.69, 9.17) is 4.12 Å². The molecule has 3 heteroatoms. The summed E-state index contributed by atoms with van der Waals surface area (Å²) in [6.07, 6.45) is 0. The van der Waals surface area contributed by atoms with Gasteiger partial charge in [-0.3, -0.25) is 0 Å². The van der Waals surface area contributed by atoms with Crippen molar-refractivity contribution >= 4 is 29.9 Å². The molecule has 0 atom stereocenters. The lowest BCUT2D eigenvalue weighted by Gasteiger charge is -1.90. The summed E-state index contributed by atoms with van der Waals surface area (Å²) in [7, 11) is -0.493. The van der Waals surface area contributed by atoms with E-state index in [1.807, 2.05) is 0 Å². The van der Waals surface area contributed by atoms with E-state index >= 15 is 0 Å². The predicted molar refractivity (Wildman–Crippen MR) is 43.9 cm³/mol. The Morgan fingerprint density at radius 1 is 1.00 bits per heavy atom. The van der Waals surface area contributed by atoms with Gasteiger partial charge in [0.2, 0.25) is 0 Å². The molecule has 0 N–H and O–H groups in total. The molecule has 1 aliphatic heterocycles. The molecular weight excluding hydrogens is 144 g/mol. The summed E-state index contributed by atoms with van der Waals surface area (Å²) in [5, 5.41) is 3.09. The summed E-state index contributed by atoms with van der Waals surface area (Å²) in [5.74, 6) is 0. The van der Waals surface area contributed by atoms with Gasteiger partial charge in [-0.05, 0) is 10.4 Å². The molecule has 0 spiro atoms. The average Bonchev–Trinajstić information content (AvgIpc) is 2.33. The highest BCUT2D eigenvalue weighted by Gasteiger charge is 2.09. The molecule has 0 fully saturated rings. The van der Waals surface area contributed by atoms with Gasteiger partial charge in [0.1, 0.15) is 0 Å². The van der Waals surface area contributed by atoms with Gasteiger partial charge in [0.05, 0.1) is 0 Å². The molecule has 0 radical (unpaired) electrons. The Labute approximate surface area is 58.9 Å². The molecule has 1 heterocycles. The van der Waals surface area contributed by atoms with Gasteiger partial charge in [-0.15, -0.1) is 0 Å². The summed E-state index contributed by atoms with van der Waals surface area (Å²) in [6.45, 7) is 0. The third kappa shape index (κ3) is 0.869. The summed E-state index contributed by atoms with van der Waals surface area (Å²) in [6, 6.07) is 8.63. The van der Waals surface area contributed by atoms with Gasteiger partial charge in [-0.1, -0.05) is 24.3 Å². The SMILES string of the molecule is c1ccc2c(c1)[SiH2]O[SiH2]2. The average molecular weight is 152 g/mol. The topological polar surface area (TPSA) is 9.23 Å². The molecule has 2 rings (SSSR count). The highest BCUT2D eigenvalue weighted by atomic mass is 28.3. The standard InChI is InChI=1S/C6H8OSi2/c1-2-4-6-5(3-1)8-7-9-6/h1-4H,8-9H2. The van der Waals surface area contributed by atoms with Gasteiger partial charge < -0.3 is 4.12 Å². The van der Waals surface area contributed by atoms with Crippen LogP contribution < -0.4 is 10.4 Å². The third-order valence-electron chi connectivity index (χ3n) is 1.63. The van der Waals surface area contributed by atoms with Gasteiger partial charge in [0, 0.05) is 0 Å². The van der Waals surface area contributed by atoms with Crippen molar-refractivity contribution in [2.24, 2.45) is 0 Å². The predicted octanol–water partition coefficient (Wildman–Crippen LogP) is -1.87. The summed E-state index contributed by atoms with van der Waals surface area (Å²) >= 11 is 0. The van der Waals surface area contributed by atoms with Crippen molar-refractivity contribution in [3.8, 4) is 0 Å². The molecule has 0 aliphatic carbocycles. The smallest absolute Gasteiger partial charge is 0.178 e. The van der Waals surface area contributed by atoms with E-state index in [2.05, 4.69) is 24.3 Å². The molecular formula is C6H8OSi2. The zero-order valence-electron chi connectivity index (χ0n) is 5.13. The molecule has 0 aromatic heterocycles. The minimum atomic E-state index is -0.247. The second kappa shape index (κ2) is 2.09. The molecule has 1 aromatic carbocycles. The highest BCUT2D eigenvalue weighted by Crippen LogP contribution is 1.85. The van der Waals surface area contributed by atoms with Crippen LogP contribution in [0.5, 0.6) is 0 Å². The lowest BCUT2D eigenvalue weighted by Crippen LogP contribution is -2.24. The van der Waals surface area contributed by atoms with Crippen LogP contribution in [0.1, 0.15) is 0 Å². The molecule has 0 bridgehead atoms. The number of benzene rings is 1. The van der Waals surface area contributed by atoms with E-state index in [1.54, 1.807) is 10.4 Å². The Bertz CT molecular complexity index is 201. The first kappa shape index (κ1) is 5.40. The van der Waals surface area contributed by atoms with E-state index in [0.29, 0.717) is 0 Å². The molecule has 1 aliphatic rings. The molecule has 1 aromatic rings. The van der Waals surface area contributed by atoms with Gasteiger partial charge in [-0.25, -0.2) is 0 Å². The minimum absolute atomic E-state index is 0.247. The van der Waals surface area contributed by atoms with Gasteiger partial charge in [-0.2, -0.15) is 0 Å². The van der Waals surface area contributed by atoms with E-state index in [-0.39, 0.29) is 19.5 Å². The van der Waals surface area contributed by atoms with E-state index in [9.17, 15) is 0 Å². The summed E-state index contributed by atoms with van der Waals surface area (Å²) in [4.78, 5) is 0. The molecule has 9 heavy (non-hydrogen) atoms. The zero-order valence-corrected chi connectivity index (χ0v) is 7.96. The van der Waals surface area contributed by atoms with Crippen LogP contribution >= 0.6 is 0 Å². The maximum Gasteiger partial charge on any atom is 0.178 e. The molecule has 0 amide bonds. The molecule has 46 valence electrons. The van der Waals surface area contributed by atoms with Crippen molar-refractivity contribution in [3.05, 3.63) is 24.3 Å². The van der Waals surface area contributed by atoms with Crippen LogP contribution in [-0.2, 0) is 4.12 Å². The Balaban J connectivity index is 2.54. The van der Waals surface area contributed by atoms with Crippen LogP contribution in [0.4, 0.5) is 0 Å². The second-order valence-corrected chi connectivity index (χ2v) is 6.00. The zero-order chi connectivity index (χ0) is 6.10. The fraction of sp³-hybridized carbons (Fsp3) is 0. The van der Waals surface area contributed by atoms with Crippen LogP contribution in [0, 0.1) is 0 Å². The largest absolute Gasteiger partial charge is 0.458 e. The van der Waals surface area contributed by atoms with Crippen LogP contribution in [0.3, 0.4) is 0 Å². The van der Waals surface area contributed by atoms with Crippen LogP contribution in [-0.4, -0.2) is 19.5 Å². The quantitative estimate of drug-likeness (QED) is 0.396. The molecule has 0 saturated heterocycles. The van der Waals surface area contributed by atoms with Crippen molar-refractivity contribution in [1.82, 2.24) is 0 Å². The van der Waals surface area contributed by atoms with Gasteiger partial charge >= 0.3 is 0 Å². The normalized spacial score (nSPS) is 20.9. The van der Waals surface area contributed by atoms with Gasteiger partial charge in [0.15, 0.2) is 19.5 Å². The van der Waals surface area contributed by atoms with E-state index in [0.717, 1.165) is 0 Å². The van der Waals surface area contributed by atoms with E-state index in [1.165, 1.54) is 0 Å². The second-order valence-electron chi connectivity index (χ2n) is 2.26. The third-order valence-corrected chi connectivity index (χ3v) is 5.77. The Morgan fingerprint density at radius 3 is 2.11 bits per heavy atom. The van der Waals surface area contributed by atoms with Gasteiger partial charge in [0.25, 0.3) is 0 Å². The summed E-state index contributed by atoms with van der Waals surface area (Å²) < 4.78 is 5.49. The van der Waals surface area contributed by atoms with Crippen molar-refractivity contribution < 1.29 is 4.12 Å². The monoisotopic (exact) mass is 152 g/mol. The highest BCUT2D eigenvalue weighted by molar-refractivity contribution is 6.72. The van der Waals surface area contributed by atoms with E-state index < -0.39 is 0 Å². The van der Waals surface area contributed by atoms with Crippen molar-refractivity contribution in [2.45, 2.75) is 0 Å². The van der Waals surface area contributed by atoms with Crippen LogP contribution in [0.2, 0.25) is 0 Å². The number of hydrogen-bond donors (Lipinski definition) is 0. The fourth-order valence-electron chi connectivity index (χ4n) is 1.11. The van der Waals surface area contributed by atoms with Crippen LogP contribution in [0.25, 0.3) is 0 Å². The Kier molecular flexibility index (Phi) is 1.26. The maximum atomic E-state index is 5.49. The molecule has 0 saturated carbocycles. The lowest BCUT2D eigenvalue weighted by molar-refractivity contribution is 0.671. The summed E-state index contributed by atoms with van der Waals surface area (Å²) in [5.41, 5.74) is 0. The fourth-order valence-corrected chi connectivity index (χ4v) is 4.96. The first-order valence-electron chi connectivity index (χ1n) is 3.11. The van der Waals surface area contributed by atoms with Crippen molar-refractivity contribution in [1.29, 1.82) is 0 Å². The number of rotatable bonds is 0. The minimum Gasteiger partial charge on any atom is -0.458 e. The first-order valence-corrected chi connectivity index (χ1v) is 5.68. The number of fused-ring (bicyclic) bond motifs is 1. The first-order chi connectivity index (χ1) is 4.47. The molecule has 0 unspecified atom stereocenters. The van der Waals surface area contributed by atoms with Crippen LogP contribution in [0.15, 0.2) is 24.3 Å². The molecule has 1 nitrogen and oxygen atoms in total. The Hall–Kier alpha value is -0.386.